The van der Waals surface area contributed by atoms with Gasteiger partial charge in [-0.15, -0.1) is 0 Å². The second-order valence-electron chi connectivity index (χ2n) is 4.94. The molecule has 0 bridgehead atoms. The molecule has 1 saturated carbocycles. The third-order valence-electron chi connectivity index (χ3n) is 3.21. The lowest BCUT2D eigenvalue weighted by Crippen LogP contribution is -2.22. The van der Waals surface area contributed by atoms with Gasteiger partial charge in [-0.3, -0.25) is 10.1 Å². The summed E-state index contributed by atoms with van der Waals surface area (Å²) in [7, 11) is 0. The fourth-order valence-electron chi connectivity index (χ4n) is 1.82. The summed E-state index contributed by atoms with van der Waals surface area (Å²) in [5.41, 5.74) is 1.25. The first-order valence-electron chi connectivity index (χ1n) is 6.77. The van der Waals surface area contributed by atoms with Crippen molar-refractivity contribution in [3.05, 3.63) is 39.9 Å². The van der Waals surface area contributed by atoms with Crippen LogP contribution in [0.5, 0.6) is 0 Å². The summed E-state index contributed by atoms with van der Waals surface area (Å²) in [5, 5.41) is 13.8. The Hall–Kier alpha value is -1.46. The number of non-ortho nitro benzene ring substituents is 1. The van der Waals surface area contributed by atoms with Gasteiger partial charge >= 0.3 is 0 Å². The number of benzene rings is 1. The molecule has 0 spiro atoms. The lowest BCUT2D eigenvalue weighted by atomic mass is 10.1. The minimum Gasteiger partial charge on any atom is -0.380 e. The second-order valence-corrected chi connectivity index (χ2v) is 4.94. The van der Waals surface area contributed by atoms with Crippen LogP contribution in [0.2, 0.25) is 0 Å². The molecule has 104 valence electrons. The zero-order valence-electron chi connectivity index (χ0n) is 11.0. The van der Waals surface area contributed by atoms with E-state index in [-0.39, 0.29) is 10.6 Å². The van der Waals surface area contributed by atoms with Gasteiger partial charge in [-0.05, 0) is 37.3 Å². The first-order valence-corrected chi connectivity index (χ1v) is 6.77. The normalized spacial score (nSPS) is 14.5. The van der Waals surface area contributed by atoms with Crippen LogP contribution in [0.15, 0.2) is 24.3 Å². The monoisotopic (exact) mass is 264 g/mol. The lowest BCUT2D eigenvalue weighted by Gasteiger charge is -2.05. The van der Waals surface area contributed by atoms with Crippen LogP contribution in [0.4, 0.5) is 5.69 Å². The van der Waals surface area contributed by atoms with Crippen molar-refractivity contribution in [3.8, 4) is 0 Å². The maximum atomic E-state index is 10.5. The van der Waals surface area contributed by atoms with E-state index in [9.17, 15) is 10.1 Å². The van der Waals surface area contributed by atoms with Gasteiger partial charge in [0.25, 0.3) is 5.69 Å². The molecule has 5 heteroatoms. The number of nitro benzene ring substituents is 1. The van der Waals surface area contributed by atoms with Gasteiger partial charge in [-0.2, -0.15) is 0 Å². The molecule has 0 aromatic heterocycles. The summed E-state index contributed by atoms with van der Waals surface area (Å²) in [5.74, 6) is 0.820. The highest BCUT2D eigenvalue weighted by atomic mass is 16.6. The number of nitro groups is 1. The first kappa shape index (κ1) is 14.0. The molecular formula is C14H20N2O3. The molecule has 1 aromatic rings. The Morgan fingerprint density at radius 1 is 1.26 bits per heavy atom. The van der Waals surface area contributed by atoms with Gasteiger partial charge < -0.3 is 10.1 Å². The highest BCUT2D eigenvalue weighted by Crippen LogP contribution is 2.28. The smallest absolute Gasteiger partial charge is 0.269 e. The van der Waals surface area contributed by atoms with Gasteiger partial charge in [0, 0.05) is 25.3 Å². The largest absolute Gasteiger partial charge is 0.380 e. The predicted octanol–water partition coefficient (Wildman–Crippen LogP) is 2.15. The number of hydrogen-bond donors (Lipinski definition) is 1. The van der Waals surface area contributed by atoms with Crippen molar-refractivity contribution in [1.82, 2.24) is 5.32 Å². The zero-order chi connectivity index (χ0) is 13.5. The maximum Gasteiger partial charge on any atom is 0.269 e. The molecule has 0 aliphatic heterocycles. The average molecular weight is 264 g/mol. The SMILES string of the molecule is O=[N+]([O-])c1ccc(CCNCCOCC2CC2)cc1. The summed E-state index contributed by atoms with van der Waals surface area (Å²) >= 11 is 0. The number of nitrogens with one attached hydrogen (secondary N) is 1. The Labute approximate surface area is 113 Å². The number of rotatable bonds is 9. The van der Waals surface area contributed by atoms with Crippen LogP contribution in [0, 0.1) is 16.0 Å². The molecule has 19 heavy (non-hydrogen) atoms. The van der Waals surface area contributed by atoms with Crippen molar-refractivity contribution < 1.29 is 9.66 Å². The van der Waals surface area contributed by atoms with Gasteiger partial charge in [-0.25, -0.2) is 0 Å². The van der Waals surface area contributed by atoms with Crippen molar-refractivity contribution >= 4 is 5.69 Å². The summed E-state index contributed by atoms with van der Waals surface area (Å²) in [4.78, 5) is 10.1. The molecular weight excluding hydrogens is 244 g/mol. The number of ether oxygens (including phenoxy) is 1. The number of nitrogens with zero attached hydrogens (tertiary/aromatic N) is 1. The Bertz CT molecular complexity index is 402. The highest BCUT2D eigenvalue weighted by molar-refractivity contribution is 5.32. The van der Waals surface area contributed by atoms with Gasteiger partial charge in [0.15, 0.2) is 0 Å². The second kappa shape index (κ2) is 7.21. The summed E-state index contributed by atoms with van der Waals surface area (Å²) in [6.45, 7) is 3.39. The van der Waals surface area contributed by atoms with Gasteiger partial charge in [0.1, 0.15) is 0 Å². The van der Waals surface area contributed by atoms with Crippen molar-refractivity contribution in [1.29, 1.82) is 0 Å². The van der Waals surface area contributed by atoms with E-state index in [0.717, 1.165) is 44.2 Å². The van der Waals surface area contributed by atoms with Crippen LogP contribution in [-0.4, -0.2) is 31.2 Å². The quantitative estimate of drug-likeness (QED) is 0.421. The van der Waals surface area contributed by atoms with Gasteiger partial charge in [0.2, 0.25) is 0 Å². The van der Waals surface area contributed by atoms with Crippen LogP contribution < -0.4 is 5.32 Å². The third-order valence-corrected chi connectivity index (χ3v) is 3.21. The Kier molecular flexibility index (Phi) is 5.30. The van der Waals surface area contributed by atoms with E-state index >= 15 is 0 Å². The fourth-order valence-corrected chi connectivity index (χ4v) is 1.82. The van der Waals surface area contributed by atoms with Crippen molar-refractivity contribution in [2.24, 2.45) is 5.92 Å². The Morgan fingerprint density at radius 2 is 2.00 bits per heavy atom. The Morgan fingerprint density at radius 3 is 2.63 bits per heavy atom. The van der Waals surface area contributed by atoms with E-state index in [2.05, 4.69) is 5.32 Å². The topological polar surface area (TPSA) is 64.4 Å². The predicted molar refractivity (Wildman–Crippen MR) is 73.2 cm³/mol. The summed E-state index contributed by atoms with van der Waals surface area (Å²) in [6.07, 6.45) is 3.53. The zero-order valence-corrected chi connectivity index (χ0v) is 11.0. The molecule has 1 aliphatic rings. The molecule has 0 radical (unpaired) electrons. The molecule has 0 unspecified atom stereocenters. The van der Waals surface area contributed by atoms with E-state index in [1.807, 2.05) is 12.1 Å². The van der Waals surface area contributed by atoms with Gasteiger partial charge in [-0.1, -0.05) is 12.1 Å². The third kappa shape index (κ3) is 5.36. The Balaban J connectivity index is 1.53. The lowest BCUT2D eigenvalue weighted by molar-refractivity contribution is -0.384. The van der Waals surface area contributed by atoms with Crippen molar-refractivity contribution in [2.45, 2.75) is 19.3 Å². The van der Waals surface area contributed by atoms with Crippen molar-refractivity contribution in [3.63, 3.8) is 0 Å². The minimum atomic E-state index is -0.376. The first-order chi connectivity index (χ1) is 9.25. The van der Waals surface area contributed by atoms with E-state index in [1.165, 1.54) is 12.8 Å². The van der Waals surface area contributed by atoms with E-state index in [0.29, 0.717) is 0 Å². The van der Waals surface area contributed by atoms with E-state index in [1.54, 1.807) is 12.1 Å². The van der Waals surface area contributed by atoms with Crippen molar-refractivity contribution in [2.75, 3.05) is 26.3 Å². The minimum absolute atomic E-state index is 0.144. The highest BCUT2D eigenvalue weighted by Gasteiger charge is 2.20. The molecule has 1 fully saturated rings. The van der Waals surface area contributed by atoms with Crippen LogP contribution in [-0.2, 0) is 11.2 Å². The standard InChI is InChI=1S/C14H20N2O3/c17-16(18)14-5-3-12(4-6-14)7-8-15-9-10-19-11-13-1-2-13/h3-6,13,15H,1-2,7-11H2. The summed E-state index contributed by atoms with van der Waals surface area (Å²) < 4.78 is 5.51. The molecule has 2 rings (SSSR count). The average Bonchev–Trinajstić information content (AvgIpc) is 3.22. The molecule has 1 aromatic carbocycles. The van der Waals surface area contributed by atoms with Crippen LogP contribution in [0.3, 0.4) is 0 Å². The molecule has 0 saturated heterocycles. The molecule has 0 amide bonds. The fraction of sp³-hybridized carbons (Fsp3) is 0.571. The molecule has 1 aliphatic carbocycles. The molecule has 5 nitrogen and oxygen atoms in total. The molecule has 0 atom stereocenters. The maximum absolute atomic E-state index is 10.5. The van der Waals surface area contributed by atoms with E-state index in [4.69, 9.17) is 4.74 Å². The summed E-state index contributed by atoms with van der Waals surface area (Å²) in [6, 6.07) is 6.72. The number of hydrogen-bond acceptors (Lipinski definition) is 4. The molecule has 0 heterocycles. The van der Waals surface area contributed by atoms with Crippen LogP contribution >= 0.6 is 0 Å². The van der Waals surface area contributed by atoms with Crippen LogP contribution in [0.25, 0.3) is 0 Å². The van der Waals surface area contributed by atoms with Crippen LogP contribution in [0.1, 0.15) is 18.4 Å². The molecule has 1 N–H and O–H groups in total. The van der Waals surface area contributed by atoms with E-state index < -0.39 is 0 Å². The van der Waals surface area contributed by atoms with Gasteiger partial charge in [0.05, 0.1) is 11.5 Å².